The third kappa shape index (κ3) is 8.65. The van der Waals surface area contributed by atoms with Gasteiger partial charge in [0.2, 0.25) is 0 Å². The molecule has 202 valence electrons. The Morgan fingerprint density at radius 1 is 0.868 bits per heavy atom. The van der Waals surface area contributed by atoms with Gasteiger partial charge in [-0.1, -0.05) is 42.5 Å². The number of hydrogen-bond donors (Lipinski definition) is 1. The predicted octanol–water partition coefficient (Wildman–Crippen LogP) is 7.48. The third-order valence-corrected chi connectivity index (χ3v) is 5.94. The van der Waals surface area contributed by atoms with Gasteiger partial charge in [-0.25, -0.2) is 4.79 Å². The molecular formula is C26H20F6O5S. The molecular weight excluding hydrogens is 538 g/mol. The van der Waals surface area contributed by atoms with Gasteiger partial charge in [0, 0.05) is 21.8 Å². The van der Waals surface area contributed by atoms with E-state index in [1.165, 1.54) is 54.2 Å². The minimum atomic E-state index is -5.03. The quantitative estimate of drug-likeness (QED) is 0.206. The van der Waals surface area contributed by atoms with Crippen LogP contribution in [0.3, 0.4) is 0 Å². The zero-order valence-corrected chi connectivity index (χ0v) is 20.4. The number of aryl methyl sites for hydroxylation is 1. The molecule has 0 amide bonds. The number of hydrogen-bond acceptors (Lipinski definition) is 5. The minimum Gasteiger partial charge on any atom is -0.482 e. The van der Waals surface area contributed by atoms with Crippen molar-refractivity contribution in [2.75, 3.05) is 12.4 Å². The molecule has 0 saturated heterocycles. The van der Waals surface area contributed by atoms with Crippen LogP contribution in [0.25, 0.3) is 5.57 Å². The third-order valence-electron chi connectivity index (χ3n) is 4.84. The zero-order chi connectivity index (χ0) is 27.9. The van der Waals surface area contributed by atoms with Crippen LogP contribution in [0.1, 0.15) is 16.7 Å². The second-order valence-corrected chi connectivity index (χ2v) is 8.69. The number of carboxylic acid groups (broad SMARTS) is 1. The van der Waals surface area contributed by atoms with Crippen LogP contribution in [0.15, 0.2) is 77.7 Å². The maximum absolute atomic E-state index is 13.1. The molecule has 0 aromatic heterocycles. The average Bonchev–Trinajstić information content (AvgIpc) is 2.81. The Balaban J connectivity index is 1.99. The van der Waals surface area contributed by atoms with E-state index >= 15 is 0 Å². The van der Waals surface area contributed by atoms with Crippen LogP contribution in [-0.2, 0) is 4.79 Å². The number of carboxylic acids is 1. The maximum atomic E-state index is 13.1. The minimum absolute atomic E-state index is 0.0382. The Morgan fingerprint density at radius 2 is 1.39 bits per heavy atom. The van der Waals surface area contributed by atoms with Crippen molar-refractivity contribution < 1.29 is 50.5 Å². The molecule has 0 radical (unpaired) electrons. The number of aliphatic carboxylic acids is 1. The zero-order valence-electron chi connectivity index (χ0n) is 19.6. The number of halogens is 6. The van der Waals surface area contributed by atoms with Crippen molar-refractivity contribution in [2.24, 2.45) is 0 Å². The number of benzene rings is 3. The van der Waals surface area contributed by atoms with Crippen LogP contribution in [0.2, 0.25) is 0 Å². The van der Waals surface area contributed by atoms with Gasteiger partial charge in [0.1, 0.15) is 17.2 Å². The van der Waals surface area contributed by atoms with Crippen molar-refractivity contribution >= 4 is 23.3 Å². The number of thioether (sulfide) groups is 1. The van der Waals surface area contributed by atoms with Crippen LogP contribution in [-0.4, -0.2) is 36.2 Å². The van der Waals surface area contributed by atoms with E-state index in [1.54, 1.807) is 25.1 Å². The molecule has 0 fully saturated rings. The molecule has 12 heteroatoms. The summed E-state index contributed by atoms with van der Waals surface area (Å²) in [6.45, 7) is 1.23. The summed E-state index contributed by atoms with van der Waals surface area (Å²) in [6.07, 6.45) is -8.57. The Morgan fingerprint density at radius 3 is 1.87 bits per heavy atom. The molecule has 0 heterocycles. The lowest BCUT2D eigenvalue weighted by Gasteiger charge is -2.19. The van der Waals surface area contributed by atoms with Crippen molar-refractivity contribution in [1.29, 1.82) is 0 Å². The molecule has 0 unspecified atom stereocenters. The van der Waals surface area contributed by atoms with Crippen LogP contribution in [0, 0.1) is 6.92 Å². The molecule has 3 aromatic carbocycles. The number of alkyl halides is 6. The lowest BCUT2D eigenvalue weighted by atomic mass is 9.96. The summed E-state index contributed by atoms with van der Waals surface area (Å²) >= 11 is 1.26. The lowest BCUT2D eigenvalue weighted by Crippen LogP contribution is -2.19. The summed E-state index contributed by atoms with van der Waals surface area (Å²) in [6, 6.07) is 15.1. The molecule has 0 bridgehead atoms. The molecule has 0 saturated carbocycles. The van der Waals surface area contributed by atoms with Gasteiger partial charge >= 0.3 is 18.7 Å². The molecule has 3 rings (SSSR count). The van der Waals surface area contributed by atoms with Gasteiger partial charge in [-0.15, -0.1) is 38.1 Å². The van der Waals surface area contributed by atoms with Gasteiger partial charge in [0.05, 0.1) is 0 Å². The summed E-state index contributed by atoms with van der Waals surface area (Å²) in [5.74, 6) is -1.83. The first-order chi connectivity index (χ1) is 17.8. The molecule has 0 aliphatic rings. The SMILES string of the molecule is Cc1cc(OCC(=O)O)ccc1SCC=C(c1ccccc1OC(F)(F)F)c1ccccc1OC(F)(F)F. The molecule has 0 atom stereocenters. The number of para-hydroxylation sites is 2. The summed E-state index contributed by atoms with van der Waals surface area (Å²) < 4.78 is 91.9. The Bertz CT molecular complexity index is 1240. The lowest BCUT2D eigenvalue weighted by molar-refractivity contribution is -0.275. The molecule has 0 aliphatic heterocycles. The standard InChI is InChI=1S/C26H20F6O5S/c1-16-14-17(35-15-24(33)34)10-11-23(16)38-13-12-18(19-6-2-4-8-21(19)36-25(27,28)29)20-7-3-5-9-22(20)37-26(30,31)32/h2-12,14H,13,15H2,1H3,(H,33,34). The number of ether oxygens (including phenoxy) is 3. The first kappa shape index (κ1) is 28.8. The fourth-order valence-corrected chi connectivity index (χ4v) is 4.28. The molecule has 5 nitrogen and oxygen atoms in total. The predicted molar refractivity (Wildman–Crippen MR) is 128 cm³/mol. The van der Waals surface area contributed by atoms with Crippen LogP contribution in [0.5, 0.6) is 17.2 Å². The molecule has 3 aromatic rings. The first-order valence-corrected chi connectivity index (χ1v) is 11.8. The number of carbonyl (C=O) groups is 1. The van der Waals surface area contributed by atoms with Gasteiger partial charge in [0.15, 0.2) is 6.61 Å². The highest BCUT2D eigenvalue weighted by atomic mass is 32.2. The van der Waals surface area contributed by atoms with E-state index in [2.05, 4.69) is 9.47 Å². The van der Waals surface area contributed by atoms with Crippen molar-refractivity contribution in [2.45, 2.75) is 24.5 Å². The summed E-state index contributed by atoms with van der Waals surface area (Å²) in [5.41, 5.74) is 0.598. The van der Waals surface area contributed by atoms with E-state index < -0.39 is 36.8 Å². The van der Waals surface area contributed by atoms with E-state index in [1.807, 2.05) is 0 Å². The van der Waals surface area contributed by atoms with E-state index in [0.717, 1.165) is 22.6 Å². The van der Waals surface area contributed by atoms with Crippen molar-refractivity contribution in [3.8, 4) is 17.2 Å². The van der Waals surface area contributed by atoms with Crippen molar-refractivity contribution in [3.05, 3.63) is 89.5 Å². The van der Waals surface area contributed by atoms with Gasteiger partial charge in [0.25, 0.3) is 0 Å². The van der Waals surface area contributed by atoms with Crippen molar-refractivity contribution in [1.82, 2.24) is 0 Å². The summed E-state index contributed by atoms with van der Waals surface area (Å²) in [4.78, 5) is 11.4. The van der Waals surface area contributed by atoms with Gasteiger partial charge in [-0.2, -0.15) is 0 Å². The normalized spacial score (nSPS) is 11.6. The molecule has 0 aliphatic carbocycles. The topological polar surface area (TPSA) is 65.0 Å². The Labute approximate surface area is 217 Å². The summed E-state index contributed by atoms with van der Waals surface area (Å²) in [7, 11) is 0. The maximum Gasteiger partial charge on any atom is 0.573 e. The Hall–Kier alpha value is -3.80. The van der Waals surface area contributed by atoms with Gasteiger partial charge < -0.3 is 19.3 Å². The van der Waals surface area contributed by atoms with Gasteiger partial charge in [-0.3, -0.25) is 0 Å². The first-order valence-electron chi connectivity index (χ1n) is 10.8. The summed E-state index contributed by atoms with van der Waals surface area (Å²) in [5, 5.41) is 8.74. The Kier molecular flexibility index (Phi) is 9.21. The van der Waals surface area contributed by atoms with Crippen LogP contribution < -0.4 is 14.2 Å². The fourth-order valence-electron chi connectivity index (χ4n) is 3.40. The smallest absolute Gasteiger partial charge is 0.482 e. The van der Waals surface area contributed by atoms with E-state index in [-0.39, 0.29) is 22.5 Å². The largest absolute Gasteiger partial charge is 0.573 e. The average molecular weight is 558 g/mol. The van der Waals surface area contributed by atoms with E-state index in [9.17, 15) is 31.1 Å². The van der Waals surface area contributed by atoms with Crippen LogP contribution in [0.4, 0.5) is 26.3 Å². The highest BCUT2D eigenvalue weighted by Crippen LogP contribution is 2.39. The molecule has 38 heavy (non-hydrogen) atoms. The van der Waals surface area contributed by atoms with Crippen molar-refractivity contribution in [3.63, 3.8) is 0 Å². The number of rotatable bonds is 10. The second-order valence-electron chi connectivity index (χ2n) is 7.63. The molecule has 0 spiro atoms. The highest BCUT2D eigenvalue weighted by molar-refractivity contribution is 7.99. The monoisotopic (exact) mass is 558 g/mol. The fraction of sp³-hybridized carbons (Fsp3) is 0.192. The van der Waals surface area contributed by atoms with E-state index in [4.69, 9.17) is 9.84 Å². The van der Waals surface area contributed by atoms with Gasteiger partial charge in [-0.05, 0) is 48.4 Å². The van der Waals surface area contributed by atoms with Crippen LogP contribution >= 0.6 is 11.8 Å². The van der Waals surface area contributed by atoms with E-state index in [0.29, 0.717) is 5.75 Å². The molecule has 1 N–H and O–H groups in total. The second kappa shape index (κ2) is 12.2. The highest BCUT2D eigenvalue weighted by Gasteiger charge is 2.34.